The van der Waals surface area contributed by atoms with Crippen molar-refractivity contribution in [2.24, 2.45) is 0 Å². The maximum Gasteiger partial charge on any atom is 0.231 e. The second-order valence-electron chi connectivity index (χ2n) is 3.88. The molecule has 1 aromatic carbocycles. The molecule has 0 saturated carbocycles. The Hall–Kier alpha value is -2.50. The highest BCUT2D eigenvalue weighted by Gasteiger charge is 2.12. The van der Waals surface area contributed by atoms with E-state index in [1.54, 1.807) is 12.1 Å². The second-order valence-corrected chi connectivity index (χ2v) is 3.88. The predicted octanol–water partition coefficient (Wildman–Crippen LogP) is 1.40. The van der Waals surface area contributed by atoms with Crippen LogP contribution >= 0.6 is 0 Å². The largest absolute Gasteiger partial charge is 0.454 e. The zero-order valence-electron chi connectivity index (χ0n) is 9.59. The van der Waals surface area contributed by atoms with Crippen molar-refractivity contribution >= 4 is 11.6 Å². The van der Waals surface area contributed by atoms with E-state index in [1.165, 1.54) is 0 Å². The number of anilines is 2. The van der Waals surface area contributed by atoms with Gasteiger partial charge < -0.3 is 20.5 Å². The van der Waals surface area contributed by atoms with Crippen LogP contribution in [0.3, 0.4) is 0 Å². The van der Waals surface area contributed by atoms with E-state index >= 15 is 0 Å². The van der Waals surface area contributed by atoms with Crippen molar-refractivity contribution in [3.63, 3.8) is 0 Å². The van der Waals surface area contributed by atoms with Crippen LogP contribution in [0, 0.1) is 0 Å². The first-order valence-corrected chi connectivity index (χ1v) is 5.53. The van der Waals surface area contributed by atoms with Gasteiger partial charge in [-0.25, -0.2) is 0 Å². The molecule has 2 heterocycles. The molecule has 0 aliphatic carbocycles. The van der Waals surface area contributed by atoms with Gasteiger partial charge in [-0.1, -0.05) is 6.07 Å². The quantitative estimate of drug-likeness (QED) is 0.849. The number of nitrogen functional groups attached to an aromatic ring is 1. The van der Waals surface area contributed by atoms with Crippen LogP contribution in [0.2, 0.25) is 0 Å². The number of benzene rings is 1. The molecule has 0 unspecified atom stereocenters. The average Bonchev–Trinajstić information content (AvgIpc) is 2.85. The molecule has 3 rings (SSSR count). The van der Waals surface area contributed by atoms with Gasteiger partial charge in [0.2, 0.25) is 6.79 Å². The van der Waals surface area contributed by atoms with E-state index < -0.39 is 0 Å². The van der Waals surface area contributed by atoms with Gasteiger partial charge in [-0.05, 0) is 29.8 Å². The molecule has 0 amide bonds. The first-order chi connectivity index (χ1) is 8.81. The lowest BCUT2D eigenvalue weighted by Crippen LogP contribution is -2.03. The van der Waals surface area contributed by atoms with Crippen molar-refractivity contribution < 1.29 is 9.47 Å². The molecule has 18 heavy (non-hydrogen) atoms. The normalized spacial score (nSPS) is 12.4. The molecular formula is C12H12N4O2. The van der Waals surface area contributed by atoms with Crippen molar-refractivity contribution in [3.05, 3.63) is 35.9 Å². The van der Waals surface area contributed by atoms with E-state index in [1.807, 2.05) is 18.2 Å². The van der Waals surface area contributed by atoms with Gasteiger partial charge in [0.15, 0.2) is 11.5 Å². The average molecular weight is 244 g/mol. The molecule has 1 aromatic heterocycles. The first kappa shape index (κ1) is 10.6. The lowest BCUT2D eigenvalue weighted by Gasteiger charge is -2.05. The smallest absolute Gasteiger partial charge is 0.231 e. The minimum Gasteiger partial charge on any atom is -0.454 e. The van der Waals surface area contributed by atoms with Gasteiger partial charge in [-0.15, -0.1) is 10.2 Å². The topological polar surface area (TPSA) is 82.3 Å². The summed E-state index contributed by atoms with van der Waals surface area (Å²) in [6.07, 6.45) is 0. The number of fused-ring (bicyclic) bond motifs is 1. The molecule has 6 nitrogen and oxygen atoms in total. The van der Waals surface area contributed by atoms with Crippen molar-refractivity contribution in [1.29, 1.82) is 0 Å². The fraction of sp³-hybridized carbons (Fsp3) is 0.167. The summed E-state index contributed by atoms with van der Waals surface area (Å²) >= 11 is 0. The first-order valence-electron chi connectivity index (χ1n) is 5.53. The molecule has 0 fully saturated rings. The predicted molar refractivity (Wildman–Crippen MR) is 66.3 cm³/mol. The van der Waals surface area contributed by atoms with E-state index in [0.29, 0.717) is 18.2 Å². The van der Waals surface area contributed by atoms with Gasteiger partial charge in [0.05, 0.1) is 0 Å². The lowest BCUT2D eigenvalue weighted by molar-refractivity contribution is 0.174. The monoisotopic (exact) mass is 244 g/mol. The summed E-state index contributed by atoms with van der Waals surface area (Å²) < 4.78 is 10.6. The Morgan fingerprint density at radius 2 is 2.00 bits per heavy atom. The molecule has 0 atom stereocenters. The van der Waals surface area contributed by atoms with Crippen LogP contribution in [0.25, 0.3) is 0 Å². The molecule has 3 N–H and O–H groups in total. The Bertz CT molecular complexity index is 557. The third-order valence-corrected chi connectivity index (χ3v) is 2.60. The summed E-state index contributed by atoms with van der Waals surface area (Å²) in [5, 5.41) is 10.8. The summed E-state index contributed by atoms with van der Waals surface area (Å²) in [5.41, 5.74) is 6.54. The van der Waals surface area contributed by atoms with E-state index in [9.17, 15) is 0 Å². The molecule has 0 radical (unpaired) electrons. The molecule has 2 aromatic rings. The molecule has 0 saturated heterocycles. The minimum absolute atomic E-state index is 0.287. The van der Waals surface area contributed by atoms with Crippen LogP contribution in [-0.4, -0.2) is 17.0 Å². The number of nitrogens with one attached hydrogen (secondary N) is 1. The van der Waals surface area contributed by atoms with Crippen LogP contribution in [0.4, 0.5) is 11.6 Å². The van der Waals surface area contributed by atoms with Crippen molar-refractivity contribution in [2.45, 2.75) is 6.54 Å². The van der Waals surface area contributed by atoms with Crippen LogP contribution in [0.1, 0.15) is 5.56 Å². The van der Waals surface area contributed by atoms with E-state index in [4.69, 9.17) is 15.2 Å². The Balaban J connectivity index is 1.68. The van der Waals surface area contributed by atoms with Crippen LogP contribution in [-0.2, 0) is 6.54 Å². The van der Waals surface area contributed by atoms with Gasteiger partial charge in [0.1, 0.15) is 11.6 Å². The zero-order chi connectivity index (χ0) is 12.4. The maximum absolute atomic E-state index is 5.46. The Morgan fingerprint density at radius 1 is 1.11 bits per heavy atom. The Labute approximate surface area is 104 Å². The summed E-state index contributed by atoms with van der Waals surface area (Å²) in [4.78, 5) is 0. The molecule has 6 heteroatoms. The number of ether oxygens (including phenoxy) is 2. The highest BCUT2D eigenvalue weighted by atomic mass is 16.7. The highest BCUT2D eigenvalue weighted by molar-refractivity contribution is 5.46. The van der Waals surface area contributed by atoms with Gasteiger partial charge in [0.25, 0.3) is 0 Å². The minimum atomic E-state index is 0.287. The van der Waals surface area contributed by atoms with Crippen LogP contribution < -0.4 is 20.5 Å². The third kappa shape index (κ3) is 2.13. The molecule has 0 bridgehead atoms. The number of hydrogen-bond acceptors (Lipinski definition) is 6. The molecule has 0 spiro atoms. The number of nitrogens with zero attached hydrogens (tertiary/aromatic N) is 2. The van der Waals surface area contributed by atoms with Gasteiger partial charge in [-0.3, -0.25) is 0 Å². The Kier molecular flexibility index (Phi) is 2.60. The van der Waals surface area contributed by atoms with Crippen molar-refractivity contribution in [2.75, 3.05) is 17.8 Å². The molecule has 1 aliphatic heterocycles. The van der Waals surface area contributed by atoms with Crippen LogP contribution in [0.5, 0.6) is 11.5 Å². The Morgan fingerprint density at radius 3 is 2.83 bits per heavy atom. The molecule has 92 valence electrons. The standard InChI is InChI=1S/C12H12N4O2/c13-11-3-4-12(16-15-11)14-6-8-1-2-9-10(5-8)18-7-17-9/h1-5H,6-7H2,(H2,13,15)(H,14,16). The summed E-state index contributed by atoms with van der Waals surface area (Å²) in [5.74, 6) is 2.65. The molecule has 1 aliphatic rings. The van der Waals surface area contributed by atoms with E-state index in [0.717, 1.165) is 17.1 Å². The SMILES string of the molecule is Nc1ccc(NCc2ccc3c(c2)OCO3)nn1. The summed E-state index contributed by atoms with van der Waals surface area (Å²) in [7, 11) is 0. The lowest BCUT2D eigenvalue weighted by atomic mass is 10.2. The summed E-state index contributed by atoms with van der Waals surface area (Å²) in [6.45, 7) is 0.922. The number of rotatable bonds is 3. The number of aromatic nitrogens is 2. The van der Waals surface area contributed by atoms with Crippen molar-refractivity contribution in [1.82, 2.24) is 10.2 Å². The van der Waals surface area contributed by atoms with Gasteiger partial charge >= 0.3 is 0 Å². The zero-order valence-corrected chi connectivity index (χ0v) is 9.59. The number of nitrogens with two attached hydrogens (primary N) is 1. The van der Waals surface area contributed by atoms with Gasteiger partial charge in [0, 0.05) is 6.54 Å². The van der Waals surface area contributed by atoms with E-state index in [-0.39, 0.29) is 6.79 Å². The third-order valence-electron chi connectivity index (χ3n) is 2.60. The van der Waals surface area contributed by atoms with E-state index in [2.05, 4.69) is 15.5 Å². The fourth-order valence-electron chi connectivity index (χ4n) is 1.68. The summed E-state index contributed by atoms with van der Waals surface area (Å²) in [6, 6.07) is 9.31. The fourth-order valence-corrected chi connectivity index (χ4v) is 1.68. The highest BCUT2D eigenvalue weighted by Crippen LogP contribution is 2.32. The van der Waals surface area contributed by atoms with Gasteiger partial charge in [-0.2, -0.15) is 0 Å². The number of hydrogen-bond donors (Lipinski definition) is 2. The molecular weight excluding hydrogens is 232 g/mol. The maximum atomic E-state index is 5.46. The second kappa shape index (κ2) is 4.40. The van der Waals surface area contributed by atoms with Crippen molar-refractivity contribution in [3.8, 4) is 11.5 Å². The van der Waals surface area contributed by atoms with Crippen LogP contribution in [0.15, 0.2) is 30.3 Å².